The maximum absolute atomic E-state index is 12.4. The van der Waals surface area contributed by atoms with Crippen LogP contribution in [0.3, 0.4) is 0 Å². The molecule has 2 rings (SSSR count). The van der Waals surface area contributed by atoms with Crippen molar-refractivity contribution in [2.45, 2.75) is 33.7 Å². The molecule has 0 aromatic heterocycles. The summed E-state index contributed by atoms with van der Waals surface area (Å²) in [7, 11) is -3.60. The van der Waals surface area contributed by atoms with Gasteiger partial charge in [0, 0.05) is 0 Å². The first kappa shape index (κ1) is 21.8. The van der Waals surface area contributed by atoms with Crippen LogP contribution < -0.4 is 14.4 Å². The Labute approximate surface area is 167 Å². The highest BCUT2D eigenvalue weighted by atomic mass is 32.2. The minimum Gasteiger partial charge on any atom is -0.491 e. The summed E-state index contributed by atoms with van der Waals surface area (Å²) >= 11 is 0. The van der Waals surface area contributed by atoms with E-state index in [1.807, 2.05) is 64.1 Å². The van der Waals surface area contributed by atoms with Gasteiger partial charge in [-0.25, -0.2) is 8.42 Å². The van der Waals surface area contributed by atoms with Crippen LogP contribution in [0.25, 0.3) is 0 Å². The molecule has 1 amide bonds. The average Bonchev–Trinajstić information content (AvgIpc) is 2.59. The fraction of sp³-hybridized carbons (Fsp3) is 0.381. The van der Waals surface area contributed by atoms with Gasteiger partial charge in [0.15, 0.2) is 0 Å². The summed E-state index contributed by atoms with van der Waals surface area (Å²) in [6.45, 7) is 7.58. The maximum atomic E-state index is 12.4. The minimum atomic E-state index is -3.60. The van der Waals surface area contributed by atoms with Gasteiger partial charge in [-0.05, 0) is 51.5 Å². The Hall–Kier alpha value is -2.54. The van der Waals surface area contributed by atoms with Crippen molar-refractivity contribution in [1.82, 2.24) is 5.32 Å². The SMILES string of the molecule is Cc1ccc(OC[C@H](C)NC(=O)CN(c2ccc(C)cc2C)S(C)(=O)=O)cc1. The van der Waals surface area contributed by atoms with E-state index in [-0.39, 0.29) is 25.1 Å². The minimum absolute atomic E-state index is 0.269. The second-order valence-corrected chi connectivity index (χ2v) is 9.06. The number of rotatable bonds is 8. The lowest BCUT2D eigenvalue weighted by molar-refractivity contribution is -0.120. The quantitative estimate of drug-likeness (QED) is 0.734. The molecule has 0 radical (unpaired) electrons. The standard InChI is InChI=1S/C21H28N2O4S/c1-15-6-9-19(10-7-15)27-14-18(4)22-21(24)13-23(28(5,25)26)20-11-8-16(2)12-17(20)3/h6-12,18H,13-14H2,1-5H3,(H,22,24)/t18-/m0/s1. The zero-order valence-corrected chi connectivity index (χ0v) is 17.8. The van der Waals surface area contributed by atoms with Crippen LogP contribution in [0, 0.1) is 20.8 Å². The number of benzene rings is 2. The number of sulfonamides is 1. The van der Waals surface area contributed by atoms with Crippen LogP contribution in [0.1, 0.15) is 23.6 Å². The van der Waals surface area contributed by atoms with Crippen LogP contribution in [-0.2, 0) is 14.8 Å². The van der Waals surface area contributed by atoms with Crippen molar-refractivity contribution in [3.63, 3.8) is 0 Å². The highest BCUT2D eigenvalue weighted by Gasteiger charge is 2.23. The lowest BCUT2D eigenvalue weighted by Crippen LogP contribution is -2.45. The largest absolute Gasteiger partial charge is 0.491 e. The molecular weight excluding hydrogens is 376 g/mol. The molecule has 2 aromatic carbocycles. The summed E-state index contributed by atoms with van der Waals surface area (Å²) in [5.41, 5.74) is 3.47. The Morgan fingerprint density at radius 1 is 1.07 bits per heavy atom. The molecule has 0 aliphatic rings. The molecule has 7 heteroatoms. The molecule has 0 saturated heterocycles. The predicted octanol–water partition coefficient (Wildman–Crippen LogP) is 2.96. The smallest absolute Gasteiger partial charge is 0.241 e. The molecule has 0 unspecified atom stereocenters. The molecule has 152 valence electrons. The van der Waals surface area contributed by atoms with Crippen LogP contribution in [0.15, 0.2) is 42.5 Å². The molecular formula is C21H28N2O4S. The van der Waals surface area contributed by atoms with Crippen LogP contribution in [0.2, 0.25) is 0 Å². The molecule has 0 spiro atoms. The van der Waals surface area contributed by atoms with E-state index in [1.165, 1.54) is 0 Å². The third kappa shape index (κ3) is 6.27. The van der Waals surface area contributed by atoms with Crippen molar-refractivity contribution >= 4 is 21.6 Å². The van der Waals surface area contributed by atoms with E-state index >= 15 is 0 Å². The topological polar surface area (TPSA) is 75.7 Å². The van der Waals surface area contributed by atoms with Gasteiger partial charge < -0.3 is 10.1 Å². The monoisotopic (exact) mass is 404 g/mol. The van der Waals surface area contributed by atoms with E-state index in [0.29, 0.717) is 5.69 Å². The van der Waals surface area contributed by atoms with Gasteiger partial charge in [-0.3, -0.25) is 9.10 Å². The molecule has 0 aliphatic heterocycles. The van der Waals surface area contributed by atoms with Crippen molar-refractivity contribution in [3.8, 4) is 5.75 Å². The number of carbonyl (C=O) groups excluding carboxylic acids is 1. The molecule has 1 N–H and O–H groups in total. The summed E-state index contributed by atoms with van der Waals surface area (Å²) in [6, 6.07) is 12.8. The first-order chi connectivity index (χ1) is 13.1. The van der Waals surface area contributed by atoms with E-state index in [9.17, 15) is 13.2 Å². The summed E-state index contributed by atoms with van der Waals surface area (Å²) in [5, 5.41) is 2.79. The van der Waals surface area contributed by atoms with Crippen LogP contribution >= 0.6 is 0 Å². The second kappa shape index (κ2) is 9.10. The molecule has 0 aliphatic carbocycles. The second-order valence-electron chi connectivity index (χ2n) is 7.15. The van der Waals surface area contributed by atoms with Gasteiger partial charge in [0.05, 0.1) is 18.0 Å². The Bertz CT molecular complexity index is 924. The summed E-state index contributed by atoms with van der Waals surface area (Å²) in [4.78, 5) is 12.4. The zero-order chi connectivity index (χ0) is 20.9. The molecule has 28 heavy (non-hydrogen) atoms. The van der Waals surface area contributed by atoms with Crippen molar-refractivity contribution in [3.05, 3.63) is 59.2 Å². The van der Waals surface area contributed by atoms with Gasteiger partial charge in [-0.2, -0.15) is 0 Å². The molecule has 0 heterocycles. The van der Waals surface area contributed by atoms with Crippen molar-refractivity contribution in [2.24, 2.45) is 0 Å². The highest BCUT2D eigenvalue weighted by molar-refractivity contribution is 7.92. The number of amides is 1. The lowest BCUT2D eigenvalue weighted by Gasteiger charge is -2.25. The Morgan fingerprint density at radius 3 is 2.25 bits per heavy atom. The van der Waals surface area contributed by atoms with Gasteiger partial charge in [0.25, 0.3) is 0 Å². The normalized spacial score (nSPS) is 12.3. The summed E-state index contributed by atoms with van der Waals surface area (Å²) in [6.07, 6.45) is 1.10. The number of nitrogens with one attached hydrogen (secondary N) is 1. The van der Waals surface area contributed by atoms with Crippen LogP contribution in [0.5, 0.6) is 5.75 Å². The molecule has 0 fully saturated rings. The Kier molecular flexibility index (Phi) is 7.07. The van der Waals surface area contributed by atoms with E-state index in [2.05, 4.69) is 5.32 Å². The first-order valence-corrected chi connectivity index (χ1v) is 10.9. The van der Waals surface area contributed by atoms with Gasteiger partial charge in [0.2, 0.25) is 15.9 Å². The van der Waals surface area contributed by atoms with Gasteiger partial charge in [-0.1, -0.05) is 35.4 Å². The van der Waals surface area contributed by atoms with Gasteiger partial charge >= 0.3 is 0 Å². The van der Waals surface area contributed by atoms with Crippen LogP contribution in [-0.4, -0.2) is 39.8 Å². The summed E-state index contributed by atoms with van der Waals surface area (Å²) < 4.78 is 31.3. The third-order valence-corrected chi connectivity index (χ3v) is 5.36. The molecule has 0 bridgehead atoms. The number of anilines is 1. The van der Waals surface area contributed by atoms with E-state index in [0.717, 1.165) is 33.0 Å². The van der Waals surface area contributed by atoms with Crippen molar-refractivity contribution in [1.29, 1.82) is 0 Å². The molecule has 2 aromatic rings. The van der Waals surface area contributed by atoms with Gasteiger partial charge in [-0.15, -0.1) is 0 Å². The molecule has 1 atom stereocenters. The third-order valence-electron chi connectivity index (χ3n) is 4.24. The summed E-state index contributed by atoms with van der Waals surface area (Å²) in [5.74, 6) is 0.338. The van der Waals surface area contributed by atoms with E-state index in [4.69, 9.17) is 4.74 Å². The molecule has 0 saturated carbocycles. The van der Waals surface area contributed by atoms with Crippen molar-refractivity contribution in [2.75, 3.05) is 23.7 Å². The van der Waals surface area contributed by atoms with Crippen molar-refractivity contribution < 1.29 is 17.9 Å². The lowest BCUT2D eigenvalue weighted by atomic mass is 10.1. The number of aryl methyl sites for hydroxylation is 3. The highest BCUT2D eigenvalue weighted by Crippen LogP contribution is 2.23. The number of nitrogens with zero attached hydrogens (tertiary/aromatic N) is 1. The fourth-order valence-electron chi connectivity index (χ4n) is 2.81. The first-order valence-electron chi connectivity index (χ1n) is 9.10. The maximum Gasteiger partial charge on any atom is 0.241 e. The molecule has 6 nitrogen and oxygen atoms in total. The van der Waals surface area contributed by atoms with Gasteiger partial charge in [0.1, 0.15) is 18.9 Å². The average molecular weight is 405 g/mol. The predicted molar refractivity (Wildman–Crippen MR) is 112 cm³/mol. The number of carbonyl (C=O) groups is 1. The van der Waals surface area contributed by atoms with Crippen LogP contribution in [0.4, 0.5) is 5.69 Å². The number of ether oxygens (including phenoxy) is 1. The Morgan fingerprint density at radius 2 is 1.68 bits per heavy atom. The zero-order valence-electron chi connectivity index (χ0n) is 17.0. The number of hydrogen-bond donors (Lipinski definition) is 1. The van der Waals surface area contributed by atoms with E-state index < -0.39 is 10.0 Å². The Balaban J connectivity index is 2.00. The van der Waals surface area contributed by atoms with E-state index in [1.54, 1.807) is 6.07 Å². The number of hydrogen-bond acceptors (Lipinski definition) is 4. The fourth-order valence-corrected chi connectivity index (χ4v) is 3.73.